The Morgan fingerprint density at radius 3 is 2.60 bits per heavy atom. The number of nitrogens with two attached hydrogens (primary N) is 1. The molecule has 0 saturated carbocycles. The second-order valence-electron chi connectivity index (χ2n) is 3.34. The molecule has 0 amide bonds. The molecule has 1 atom stereocenters. The molecule has 1 unspecified atom stereocenters. The highest BCUT2D eigenvalue weighted by atomic mass is 35.5. The lowest BCUT2D eigenvalue weighted by Gasteiger charge is -2.09. The van der Waals surface area contributed by atoms with E-state index in [1.165, 1.54) is 0 Å². The lowest BCUT2D eigenvalue weighted by atomic mass is 10.1. The van der Waals surface area contributed by atoms with Gasteiger partial charge in [0.2, 0.25) is 0 Å². The van der Waals surface area contributed by atoms with E-state index in [0.29, 0.717) is 12.4 Å². The van der Waals surface area contributed by atoms with E-state index in [1.807, 2.05) is 36.5 Å². The monoisotopic (exact) mass is 221 g/mol. The predicted molar refractivity (Wildman–Crippen MR) is 61.7 cm³/mol. The van der Waals surface area contributed by atoms with Crippen LogP contribution in [0.1, 0.15) is 10.9 Å². The van der Waals surface area contributed by atoms with Crippen LogP contribution in [0.4, 0.5) is 5.82 Å². The van der Waals surface area contributed by atoms with Gasteiger partial charge in [-0.1, -0.05) is 30.3 Å². The first kappa shape index (κ1) is 10.1. The van der Waals surface area contributed by atoms with E-state index >= 15 is 0 Å². The topological polar surface area (TPSA) is 43.8 Å². The fourth-order valence-corrected chi connectivity index (χ4v) is 1.70. The third-order valence-electron chi connectivity index (χ3n) is 2.17. The number of nitrogen functional groups attached to an aromatic ring is 1. The van der Waals surface area contributed by atoms with Crippen LogP contribution >= 0.6 is 11.6 Å². The molecule has 78 valence electrons. The molecular weight excluding hydrogens is 210 g/mol. The van der Waals surface area contributed by atoms with E-state index in [4.69, 9.17) is 17.3 Å². The van der Waals surface area contributed by atoms with Gasteiger partial charge in [0.1, 0.15) is 5.82 Å². The molecule has 0 aliphatic rings. The minimum Gasteiger partial charge on any atom is -0.382 e. The summed E-state index contributed by atoms with van der Waals surface area (Å²) in [6.07, 6.45) is 1.83. The summed E-state index contributed by atoms with van der Waals surface area (Å²) in [4.78, 5) is 0. The zero-order chi connectivity index (χ0) is 10.7. The van der Waals surface area contributed by atoms with Gasteiger partial charge in [-0.15, -0.1) is 11.6 Å². The highest BCUT2D eigenvalue weighted by Gasteiger charge is 2.08. The molecule has 0 bridgehead atoms. The van der Waals surface area contributed by atoms with Crippen LogP contribution in [0.25, 0.3) is 0 Å². The van der Waals surface area contributed by atoms with Gasteiger partial charge in [-0.3, -0.25) is 4.68 Å². The normalized spacial score (nSPS) is 12.6. The molecule has 4 heteroatoms. The Morgan fingerprint density at radius 1 is 1.27 bits per heavy atom. The number of aromatic nitrogens is 2. The maximum absolute atomic E-state index is 6.25. The first-order chi connectivity index (χ1) is 7.25. The van der Waals surface area contributed by atoms with Gasteiger partial charge in [0.15, 0.2) is 0 Å². The van der Waals surface area contributed by atoms with Crippen LogP contribution in [0, 0.1) is 0 Å². The Labute approximate surface area is 93.5 Å². The van der Waals surface area contributed by atoms with Gasteiger partial charge in [0.25, 0.3) is 0 Å². The number of hydrogen-bond donors (Lipinski definition) is 1. The number of rotatable bonds is 3. The molecule has 0 fully saturated rings. The molecule has 1 heterocycles. The maximum atomic E-state index is 6.25. The van der Waals surface area contributed by atoms with Crippen molar-refractivity contribution in [3.8, 4) is 0 Å². The maximum Gasteiger partial charge on any atom is 0.145 e. The van der Waals surface area contributed by atoms with E-state index in [0.717, 1.165) is 5.56 Å². The molecule has 2 N–H and O–H groups in total. The van der Waals surface area contributed by atoms with E-state index < -0.39 is 0 Å². The van der Waals surface area contributed by atoms with E-state index in [2.05, 4.69) is 5.10 Å². The van der Waals surface area contributed by atoms with Crippen molar-refractivity contribution >= 4 is 17.4 Å². The van der Waals surface area contributed by atoms with Crippen molar-refractivity contribution in [1.82, 2.24) is 9.78 Å². The summed E-state index contributed by atoms with van der Waals surface area (Å²) in [7, 11) is 0. The molecule has 1 aromatic heterocycles. The largest absolute Gasteiger partial charge is 0.382 e. The van der Waals surface area contributed by atoms with Crippen molar-refractivity contribution < 1.29 is 0 Å². The Bertz CT molecular complexity index is 424. The van der Waals surface area contributed by atoms with Gasteiger partial charge in [0, 0.05) is 6.20 Å². The zero-order valence-corrected chi connectivity index (χ0v) is 8.93. The van der Waals surface area contributed by atoms with Gasteiger partial charge in [-0.25, -0.2) is 0 Å². The zero-order valence-electron chi connectivity index (χ0n) is 8.18. The molecule has 0 aliphatic heterocycles. The first-order valence-electron chi connectivity index (χ1n) is 4.73. The number of halogens is 1. The predicted octanol–water partition coefficient (Wildman–Crippen LogP) is 2.45. The molecule has 0 radical (unpaired) electrons. The van der Waals surface area contributed by atoms with Gasteiger partial charge < -0.3 is 5.73 Å². The van der Waals surface area contributed by atoms with Gasteiger partial charge >= 0.3 is 0 Å². The third kappa shape index (κ3) is 2.50. The minimum atomic E-state index is -0.0782. The average Bonchev–Trinajstić information content (AvgIpc) is 2.65. The summed E-state index contributed by atoms with van der Waals surface area (Å²) >= 11 is 6.25. The molecular formula is C11H12ClN3. The quantitative estimate of drug-likeness (QED) is 0.810. The fourth-order valence-electron chi connectivity index (χ4n) is 1.41. The van der Waals surface area contributed by atoms with Gasteiger partial charge in [0.05, 0.1) is 11.9 Å². The van der Waals surface area contributed by atoms with Crippen LogP contribution in [0.5, 0.6) is 0 Å². The number of anilines is 1. The average molecular weight is 222 g/mol. The summed E-state index contributed by atoms with van der Waals surface area (Å²) in [6.45, 7) is 0.628. The van der Waals surface area contributed by atoms with Crippen molar-refractivity contribution in [1.29, 1.82) is 0 Å². The minimum absolute atomic E-state index is 0.0782. The van der Waals surface area contributed by atoms with Crippen molar-refractivity contribution in [2.75, 3.05) is 5.73 Å². The Morgan fingerprint density at radius 2 is 2.00 bits per heavy atom. The molecule has 0 spiro atoms. The summed E-state index contributed by atoms with van der Waals surface area (Å²) in [5.74, 6) is 0.520. The number of hydrogen-bond acceptors (Lipinski definition) is 2. The SMILES string of the molecule is Nc1ccn(CC(Cl)c2ccccc2)n1. The van der Waals surface area contributed by atoms with Crippen LogP contribution < -0.4 is 5.73 Å². The summed E-state index contributed by atoms with van der Waals surface area (Å²) < 4.78 is 1.75. The molecule has 0 saturated heterocycles. The molecule has 2 rings (SSSR count). The van der Waals surface area contributed by atoms with Crippen molar-refractivity contribution in [2.45, 2.75) is 11.9 Å². The van der Waals surface area contributed by atoms with Crippen LogP contribution in [-0.4, -0.2) is 9.78 Å². The van der Waals surface area contributed by atoms with E-state index in [9.17, 15) is 0 Å². The highest BCUT2D eigenvalue weighted by molar-refractivity contribution is 6.20. The van der Waals surface area contributed by atoms with E-state index in [-0.39, 0.29) is 5.38 Å². The Balaban J connectivity index is 2.07. The summed E-state index contributed by atoms with van der Waals surface area (Å²) in [6, 6.07) is 11.7. The smallest absolute Gasteiger partial charge is 0.145 e. The van der Waals surface area contributed by atoms with Crippen molar-refractivity contribution in [3.05, 3.63) is 48.2 Å². The molecule has 0 aliphatic carbocycles. The Kier molecular flexibility index (Phi) is 2.92. The van der Waals surface area contributed by atoms with Crippen LogP contribution in [0.2, 0.25) is 0 Å². The van der Waals surface area contributed by atoms with Crippen LogP contribution in [0.3, 0.4) is 0 Å². The van der Waals surface area contributed by atoms with Crippen LogP contribution in [0.15, 0.2) is 42.6 Å². The fraction of sp³-hybridized carbons (Fsp3) is 0.182. The Hall–Kier alpha value is -1.48. The van der Waals surface area contributed by atoms with Crippen LogP contribution in [-0.2, 0) is 6.54 Å². The molecule has 3 nitrogen and oxygen atoms in total. The third-order valence-corrected chi connectivity index (χ3v) is 2.56. The summed E-state index contributed by atoms with van der Waals surface area (Å²) in [5.41, 5.74) is 6.61. The van der Waals surface area contributed by atoms with Crippen molar-refractivity contribution in [2.24, 2.45) is 0 Å². The number of alkyl halides is 1. The highest BCUT2D eigenvalue weighted by Crippen LogP contribution is 2.21. The van der Waals surface area contributed by atoms with Gasteiger partial charge in [-0.05, 0) is 11.6 Å². The lowest BCUT2D eigenvalue weighted by molar-refractivity contribution is 0.604. The molecule has 1 aromatic carbocycles. The molecule has 2 aromatic rings. The van der Waals surface area contributed by atoms with Crippen molar-refractivity contribution in [3.63, 3.8) is 0 Å². The summed E-state index contributed by atoms with van der Waals surface area (Å²) in [5, 5.41) is 4.01. The second kappa shape index (κ2) is 4.36. The molecule has 15 heavy (non-hydrogen) atoms. The van der Waals surface area contributed by atoms with Gasteiger partial charge in [-0.2, -0.15) is 5.10 Å². The number of benzene rings is 1. The number of nitrogens with zero attached hydrogens (tertiary/aromatic N) is 2. The first-order valence-corrected chi connectivity index (χ1v) is 5.17. The standard InChI is InChI=1S/C11H12ClN3/c12-10(9-4-2-1-3-5-9)8-15-7-6-11(13)14-15/h1-7,10H,8H2,(H2,13,14). The van der Waals surface area contributed by atoms with E-state index in [1.54, 1.807) is 10.7 Å². The lowest BCUT2D eigenvalue weighted by Crippen LogP contribution is -2.05. The second-order valence-corrected chi connectivity index (χ2v) is 3.87.